The lowest BCUT2D eigenvalue weighted by Crippen LogP contribution is -2.36. The van der Waals surface area contributed by atoms with Crippen LogP contribution < -0.4 is 10.6 Å². The average molecular weight is 402 g/mol. The molecule has 24 heavy (non-hydrogen) atoms. The van der Waals surface area contributed by atoms with E-state index in [1.54, 1.807) is 11.3 Å². The Morgan fingerprint density at radius 3 is 2.12 bits per heavy atom. The summed E-state index contributed by atoms with van der Waals surface area (Å²) >= 11 is 1.04. The summed E-state index contributed by atoms with van der Waals surface area (Å²) in [4.78, 5) is 28.1. The van der Waals surface area contributed by atoms with Gasteiger partial charge in [0.05, 0.1) is 0 Å². The molecule has 0 bridgehead atoms. The maximum Gasteiger partial charge on any atom is 0.401 e. The van der Waals surface area contributed by atoms with Gasteiger partial charge in [0.15, 0.2) is 0 Å². The number of carboxylic acid groups (broad SMARTS) is 1. The maximum atomic E-state index is 10.8. The van der Waals surface area contributed by atoms with E-state index in [1.165, 1.54) is 31.4 Å². The van der Waals surface area contributed by atoms with Gasteiger partial charge in [0.1, 0.15) is 11.8 Å². The molecule has 138 valence electrons. The number of phenolic OH excluding ortho intramolecular Hbond substituents is 1. The number of nitrogens with one attached hydrogen (secondary N) is 1. The molecule has 1 aromatic carbocycles. The zero-order valence-corrected chi connectivity index (χ0v) is 15.5. The summed E-state index contributed by atoms with van der Waals surface area (Å²) in [6.07, 6.45) is 1.55. The molecule has 0 fully saturated rings. The van der Waals surface area contributed by atoms with Crippen LogP contribution in [0.3, 0.4) is 0 Å². The van der Waals surface area contributed by atoms with E-state index in [0.717, 1.165) is 11.4 Å². The molecule has 1 aromatic rings. The molecule has 2 atom stereocenters. The fourth-order valence-electron chi connectivity index (χ4n) is 1.33. The van der Waals surface area contributed by atoms with Gasteiger partial charge in [-0.1, -0.05) is 23.5 Å². The summed E-state index contributed by atoms with van der Waals surface area (Å²) in [6, 6.07) is 4.30. The summed E-state index contributed by atoms with van der Waals surface area (Å²) in [7, 11) is -3.27. The fraction of sp³-hybridized carbons (Fsp3) is 0.364. The van der Waals surface area contributed by atoms with Crippen LogP contribution in [0.15, 0.2) is 24.3 Å². The zero-order valence-electron chi connectivity index (χ0n) is 12.9. The third-order valence-corrected chi connectivity index (χ3v) is 6.15. The minimum atomic E-state index is -4.60. The molecule has 0 saturated heterocycles. The van der Waals surface area contributed by atoms with Gasteiger partial charge in [-0.05, 0) is 30.4 Å². The lowest BCUT2D eigenvalue weighted by atomic mass is 10.1. The van der Waals surface area contributed by atoms with E-state index in [0.29, 0.717) is 5.56 Å². The molecule has 0 aliphatic rings. The van der Waals surface area contributed by atoms with Crippen molar-refractivity contribution in [3.63, 3.8) is 0 Å². The lowest BCUT2D eigenvalue weighted by Gasteiger charge is -2.15. The van der Waals surface area contributed by atoms with E-state index in [2.05, 4.69) is 4.52 Å². The zero-order chi connectivity index (χ0) is 19.0. The van der Waals surface area contributed by atoms with E-state index in [9.17, 15) is 13.9 Å². The maximum absolute atomic E-state index is 10.8. The molecule has 0 radical (unpaired) electrons. The van der Waals surface area contributed by atoms with Crippen LogP contribution in [0.5, 0.6) is 5.75 Å². The van der Waals surface area contributed by atoms with Gasteiger partial charge in [-0.3, -0.25) is 14.9 Å². The van der Waals surface area contributed by atoms with Gasteiger partial charge in [-0.2, -0.15) is 0 Å². The summed E-state index contributed by atoms with van der Waals surface area (Å²) in [6.45, 7) is -2.74. The standard InChI is InChI=1S/C9H12NO6P.C2H8NO2PS/c11-7-3-1-6(2-4-7)5-8(9(12)13)10-17(14,15)16;1-5-6(3,4)7-2/h1-4,8,11H,5H2,(H,12,13)(H3,10,14,15,16);1-2H3,(H2,3,4). The Kier molecular flexibility index (Phi) is 9.79. The van der Waals surface area contributed by atoms with Crippen molar-refractivity contribution in [2.24, 2.45) is 5.50 Å². The second kappa shape index (κ2) is 10.2. The number of carboxylic acids is 1. The van der Waals surface area contributed by atoms with E-state index in [-0.39, 0.29) is 12.2 Å². The van der Waals surface area contributed by atoms with Gasteiger partial charge in [0.25, 0.3) is 0 Å². The van der Waals surface area contributed by atoms with Crippen molar-refractivity contribution >= 4 is 31.8 Å². The third kappa shape index (κ3) is 10.8. The second-order valence-corrected chi connectivity index (χ2v) is 10.1. The highest BCUT2D eigenvalue weighted by atomic mass is 32.7. The Bertz CT molecular complexity index is 613. The third-order valence-electron chi connectivity index (χ3n) is 2.51. The monoisotopic (exact) mass is 402 g/mol. The number of nitrogens with two attached hydrogens (primary N) is 1. The minimum Gasteiger partial charge on any atom is -0.508 e. The van der Waals surface area contributed by atoms with Gasteiger partial charge >= 0.3 is 20.4 Å². The Morgan fingerprint density at radius 2 is 1.83 bits per heavy atom. The van der Waals surface area contributed by atoms with Crippen LogP contribution in [0, 0.1) is 0 Å². The highest BCUT2D eigenvalue weighted by Crippen LogP contribution is 2.48. The smallest absolute Gasteiger partial charge is 0.401 e. The first-order valence-electron chi connectivity index (χ1n) is 6.24. The molecule has 0 spiro atoms. The minimum absolute atomic E-state index is 0.0311. The molecular weight excluding hydrogens is 382 g/mol. The number of carbonyl (C=O) groups is 1. The van der Waals surface area contributed by atoms with Gasteiger partial charge in [-0.15, -0.1) is 0 Å². The second-order valence-electron chi connectivity index (χ2n) is 4.34. The fourth-order valence-corrected chi connectivity index (χ4v) is 2.54. The van der Waals surface area contributed by atoms with Gasteiger partial charge in [0.2, 0.25) is 0 Å². The number of hydrogen-bond acceptors (Lipinski definition) is 6. The lowest BCUT2D eigenvalue weighted by molar-refractivity contribution is -0.139. The number of phenols is 1. The van der Waals surface area contributed by atoms with Crippen LogP contribution in [0.1, 0.15) is 5.56 Å². The molecule has 0 aromatic heterocycles. The van der Waals surface area contributed by atoms with Crippen molar-refractivity contribution in [1.82, 2.24) is 5.09 Å². The van der Waals surface area contributed by atoms with Gasteiger partial charge in [0, 0.05) is 7.11 Å². The Balaban J connectivity index is 0.000000640. The molecule has 13 heteroatoms. The van der Waals surface area contributed by atoms with E-state index in [4.69, 9.17) is 25.5 Å². The van der Waals surface area contributed by atoms with Gasteiger partial charge in [-0.25, -0.2) is 9.65 Å². The highest BCUT2D eigenvalue weighted by Gasteiger charge is 2.25. The van der Waals surface area contributed by atoms with Crippen LogP contribution in [-0.4, -0.2) is 45.4 Å². The van der Waals surface area contributed by atoms with Crippen LogP contribution in [0.2, 0.25) is 0 Å². The first-order chi connectivity index (χ1) is 10.9. The molecule has 7 N–H and O–H groups in total. The molecule has 0 aliphatic carbocycles. The molecule has 0 heterocycles. The molecule has 10 nitrogen and oxygen atoms in total. The predicted octanol–water partition coefficient (Wildman–Crippen LogP) is 1.13. The van der Waals surface area contributed by atoms with Crippen LogP contribution in [0.25, 0.3) is 0 Å². The first-order valence-corrected chi connectivity index (χ1v) is 11.4. The van der Waals surface area contributed by atoms with Crippen LogP contribution in [0.4, 0.5) is 0 Å². The number of benzene rings is 1. The topological polar surface area (TPSA) is 179 Å². The molecular formula is C11H20N2O8P2S. The van der Waals surface area contributed by atoms with Crippen molar-refractivity contribution in [2.45, 2.75) is 12.5 Å². The largest absolute Gasteiger partial charge is 0.508 e. The predicted molar refractivity (Wildman–Crippen MR) is 90.7 cm³/mol. The normalized spacial score (nSPS) is 14.9. The van der Waals surface area contributed by atoms with Crippen molar-refractivity contribution in [3.8, 4) is 5.75 Å². The number of rotatable bonds is 7. The Morgan fingerprint density at radius 1 is 1.33 bits per heavy atom. The number of aliphatic carboxylic acids is 1. The molecule has 0 aliphatic heterocycles. The molecule has 0 amide bonds. The highest BCUT2D eigenvalue weighted by molar-refractivity contribution is 8.55. The van der Waals surface area contributed by atoms with E-state index >= 15 is 0 Å². The number of hydrogen-bond donors (Lipinski definition) is 6. The van der Waals surface area contributed by atoms with Crippen molar-refractivity contribution in [1.29, 1.82) is 0 Å². The Labute approximate surface area is 142 Å². The quantitative estimate of drug-likeness (QED) is 0.360. The average Bonchev–Trinajstić information content (AvgIpc) is 2.48. The molecule has 1 rings (SSSR count). The summed E-state index contributed by atoms with van der Waals surface area (Å²) in [5.41, 5.74) is 5.55. The van der Waals surface area contributed by atoms with Crippen molar-refractivity contribution < 1.29 is 38.4 Å². The summed E-state index contributed by atoms with van der Waals surface area (Å²) < 4.78 is 25.5. The van der Waals surface area contributed by atoms with Crippen molar-refractivity contribution in [3.05, 3.63) is 29.8 Å². The summed E-state index contributed by atoms with van der Waals surface area (Å²) in [5, 5.41) is 19.6. The number of aromatic hydroxyl groups is 1. The van der Waals surface area contributed by atoms with E-state index < -0.39 is 26.5 Å². The summed E-state index contributed by atoms with van der Waals surface area (Å²) in [5.74, 6) is -1.33. The van der Waals surface area contributed by atoms with E-state index in [1.807, 2.05) is 0 Å². The Hall–Kier alpha value is -0.900. The molecule has 2 unspecified atom stereocenters. The van der Waals surface area contributed by atoms with Crippen molar-refractivity contribution in [2.75, 3.05) is 13.4 Å². The SMILES string of the molecule is COP(N)(=O)SC.O=C(O)C(Cc1ccc(O)cc1)NP(=O)(O)O. The van der Waals surface area contributed by atoms with Crippen LogP contribution in [-0.2, 0) is 24.9 Å². The van der Waals surface area contributed by atoms with Gasteiger partial charge < -0.3 is 24.5 Å². The molecule has 0 saturated carbocycles. The van der Waals surface area contributed by atoms with Crippen LogP contribution >= 0.6 is 25.8 Å². The first kappa shape index (κ1) is 23.1.